The summed E-state index contributed by atoms with van der Waals surface area (Å²) in [6, 6.07) is 7.84. The lowest BCUT2D eigenvalue weighted by atomic mass is 9.89. The third kappa shape index (κ3) is 4.95. The largest absolute Gasteiger partial charge is 0.338 e. The van der Waals surface area contributed by atoms with Crippen molar-refractivity contribution in [1.29, 1.82) is 0 Å². The van der Waals surface area contributed by atoms with Crippen molar-refractivity contribution in [2.75, 3.05) is 6.54 Å². The minimum Gasteiger partial charge on any atom is -0.338 e. The average Bonchev–Trinajstić information content (AvgIpc) is 3.32. The molecule has 0 spiro atoms. The van der Waals surface area contributed by atoms with Gasteiger partial charge < -0.3 is 10.2 Å². The fraction of sp³-hybridized carbons (Fsp3) is 0.650. The summed E-state index contributed by atoms with van der Waals surface area (Å²) in [6.45, 7) is 1.49. The molecule has 3 nitrogen and oxygen atoms in total. The SMILES string of the molecule is Cl.O=C(CC1CC2CCC(C1)N2)N(Cc1ccc(F)cc1)CC1CC1. The second-order valence-electron chi connectivity index (χ2n) is 8.02. The predicted octanol–water partition coefficient (Wildman–Crippen LogP) is 3.91. The normalized spacial score (nSPS) is 27.6. The van der Waals surface area contributed by atoms with E-state index in [9.17, 15) is 9.18 Å². The monoisotopic (exact) mass is 366 g/mol. The number of hydrogen-bond acceptors (Lipinski definition) is 2. The standard InChI is InChI=1S/C20H27FN2O.ClH/c21-17-5-3-15(4-6-17)13-23(12-14-1-2-14)20(24)11-16-9-18-7-8-19(10-16)22-18;/h3-6,14,16,18-19,22H,1-2,7-13H2;1H. The molecular weight excluding hydrogens is 339 g/mol. The van der Waals surface area contributed by atoms with Gasteiger partial charge in [-0.15, -0.1) is 12.4 Å². The van der Waals surface area contributed by atoms with Crippen LogP contribution in [0.3, 0.4) is 0 Å². The highest BCUT2D eigenvalue weighted by molar-refractivity contribution is 5.85. The Morgan fingerprint density at radius 1 is 1.04 bits per heavy atom. The lowest BCUT2D eigenvalue weighted by Crippen LogP contribution is -2.40. The first-order chi connectivity index (χ1) is 11.7. The Morgan fingerprint density at radius 3 is 2.28 bits per heavy atom. The number of piperidine rings is 1. The van der Waals surface area contributed by atoms with E-state index in [4.69, 9.17) is 0 Å². The summed E-state index contributed by atoms with van der Waals surface area (Å²) in [4.78, 5) is 14.9. The van der Waals surface area contributed by atoms with E-state index in [-0.39, 0.29) is 24.1 Å². The van der Waals surface area contributed by atoms with E-state index in [2.05, 4.69) is 5.32 Å². The lowest BCUT2D eigenvalue weighted by molar-refractivity contribution is -0.133. The zero-order valence-corrected chi connectivity index (χ0v) is 15.4. The maximum Gasteiger partial charge on any atom is 0.223 e. The molecule has 138 valence electrons. The number of carbonyl (C=O) groups is 1. The Hall–Kier alpha value is -1.13. The summed E-state index contributed by atoms with van der Waals surface area (Å²) in [7, 11) is 0. The Bertz CT molecular complexity index is 578. The van der Waals surface area contributed by atoms with Gasteiger partial charge in [-0.05, 0) is 68.1 Å². The number of hydrogen-bond donors (Lipinski definition) is 1. The molecule has 1 aromatic carbocycles. The summed E-state index contributed by atoms with van der Waals surface area (Å²) in [6.07, 6.45) is 8.01. The summed E-state index contributed by atoms with van der Waals surface area (Å²) in [5, 5.41) is 3.65. The molecule has 2 atom stereocenters. The van der Waals surface area contributed by atoms with Gasteiger partial charge in [0, 0.05) is 31.6 Å². The summed E-state index contributed by atoms with van der Waals surface area (Å²) in [5.41, 5.74) is 1.02. The highest BCUT2D eigenvalue weighted by atomic mass is 35.5. The van der Waals surface area contributed by atoms with E-state index in [1.807, 2.05) is 4.90 Å². The van der Waals surface area contributed by atoms with Gasteiger partial charge in [0.15, 0.2) is 0 Å². The third-order valence-corrected chi connectivity index (χ3v) is 5.85. The Kier molecular flexibility index (Phi) is 6.00. The van der Waals surface area contributed by atoms with Crippen LogP contribution >= 0.6 is 12.4 Å². The molecule has 1 saturated carbocycles. The van der Waals surface area contributed by atoms with Crippen LogP contribution in [0.4, 0.5) is 4.39 Å². The zero-order chi connectivity index (χ0) is 16.5. The molecule has 3 fully saturated rings. The van der Waals surface area contributed by atoms with E-state index in [1.165, 1.54) is 37.8 Å². The van der Waals surface area contributed by atoms with Gasteiger partial charge in [-0.25, -0.2) is 4.39 Å². The van der Waals surface area contributed by atoms with Gasteiger partial charge in [0.2, 0.25) is 5.91 Å². The van der Waals surface area contributed by atoms with Crippen molar-refractivity contribution >= 4 is 18.3 Å². The van der Waals surface area contributed by atoms with Crippen LogP contribution in [0.2, 0.25) is 0 Å². The number of rotatable bonds is 6. The number of halogens is 2. The first-order valence-electron chi connectivity index (χ1n) is 9.44. The molecule has 2 saturated heterocycles. The van der Waals surface area contributed by atoms with Crippen molar-refractivity contribution in [3.05, 3.63) is 35.6 Å². The molecule has 2 bridgehead atoms. The molecule has 2 heterocycles. The van der Waals surface area contributed by atoms with Crippen LogP contribution in [0.5, 0.6) is 0 Å². The first kappa shape index (κ1) is 18.7. The number of nitrogens with zero attached hydrogens (tertiary/aromatic N) is 1. The minimum atomic E-state index is -0.219. The second kappa shape index (κ2) is 8.05. The van der Waals surface area contributed by atoms with Crippen molar-refractivity contribution in [2.24, 2.45) is 11.8 Å². The topological polar surface area (TPSA) is 32.3 Å². The maximum absolute atomic E-state index is 13.1. The van der Waals surface area contributed by atoms with Crippen molar-refractivity contribution in [3.63, 3.8) is 0 Å². The van der Waals surface area contributed by atoms with E-state index in [1.54, 1.807) is 12.1 Å². The molecule has 2 unspecified atom stereocenters. The van der Waals surface area contributed by atoms with Crippen LogP contribution in [0, 0.1) is 17.7 Å². The van der Waals surface area contributed by atoms with E-state index >= 15 is 0 Å². The van der Waals surface area contributed by atoms with Gasteiger partial charge >= 0.3 is 0 Å². The summed E-state index contributed by atoms with van der Waals surface area (Å²) < 4.78 is 13.1. The van der Waals surface area contributed by atoms with E-state index in [0.717, 1.165) is 24.9 Å². The quantitative estimate of drug-likeness (QED) is 0.827. The number of nitrogens with one attached hydrogen (secondary N) is 1. The second-order valence-corrected chi connectivity index (χ2v) is 8.02. The third-order valence-electron chi connectivity index (χ3n) is 5.85. The van der Waals surface area contributed by atoms with Crippen molar-refractivity contribution in [3.8, 4) is 0 Å². The van der Waals surface area contributed by atoms with Crippen LogP contribution in [-0.2, 0) is 11.3 Å². The van der Waals surface area contributed by atoms with E-state index < -0.39 is 0 Å². The molecule has 4 rings (SSSR count). The molecule has 1 aromatic rings. The molecule has 0 aromatic heterocycles. The Balaban J connectivity index is 0.00000182. The van der Waals surface area contributed by atoms with Gasteiger partial charge in [-0.2, -0.15) is 0 Å². The predicted molar refractivity (Wildman–Crippen MR) is 99.1 cm³/mol. The fourth-order valence-corrected chi connectivity index (χ4v) is 4.39. The molecule has 1 N–H and O–H groups in total. The van der Waals surface area contributed by atoms with Crippen LogP contribution in [0.1, 0.15) is 50.5 Å². The number of carbonyl (C=O) groups excluding carboxylic acids is 1. The number of amides is 1. The van der Waals surface area contributed by atoms with Crippen molar-refractivity contribution in [1.82, 2.24) is 10.2 Å². The molecule has 0 radical (unpaired) electrons. The van der Waals surface area contributed by atoms with Gasteiger partial charge in [-0.1, -0.05) is 12.1 Å². The van der Waals surface area contributed by atoms with Crippen LogP contribution in [0.25, 0.3) is 0 Å². The van der Waals surface area contributed by atoms with Crippen molar-refractivity contribution < 1.29 is 9.18 Å². The van der Waals surface area contributed by atoms with Gasteiger partial charge in [-0.3, -0.25) is 4.79 Å². The van der Waals surface area contributed by atoms with Crippen molar-refractivity contribution in [2.45, 2.75) is 63.6 Å². The minimum absolute atomic E-state index is 0. The van der Waals surface area contributed by atoms with Gasteiger partial charge in [0.25, 0.3) is 0 Å². The molecule has 1 aliphatic carbocycles. The smallest absolute Gasteiger partial charge is 0.223 e. The van der Waals surface area contributed by atoms with Crippen LogP contribution in [-0.4, -0.2) is 29.4 Å². The van der Waals surface area contributed by atoms with Gasteiger partial charge in [0.1, 0.15) is 5.82 Å². The molecular formula is C20H28ClFN2O. The molecule has 25 heavy (non-hydrogen) atoms. The number of benzene rings is 1. The average molecular weight is 367 g/mol. The van der Waals surface area contributed by atoms with Crippen LogP contribution < -0.4 is 5.32 Å². The molecule has 3 aliphatic rings. The fourth-order valence-electron chi connectivity index (χ4n) is 4.39. The van der Waals surface area contributed by atoms with Crippen LogP contribution in [0.15, 0.2) is 24.3 Å². The summed E-state index contributed by atoms with van der Waals surface area (Å²) >= 11 is 0. The lowest BCUT2D eigenvalue weighted by Gasteiger charge is -2.31. The zero-order valence-electron chi connectivity index (χ0n) is 14.6. The number of fused-ring (bicyclic) bond motifs is 2. The maximum atomic E-state index is 13.1. The Labute approximate surface area is 155 Å². The highest BCUT2D eigenvalue weighted by Crippen LogP contribution is 2.34. The highest BCUT2D eigenvalue weighted by Gasteiger charge is 2.35. The molecule has 2 aliphatic heterocycles. The van der Waals surface area contributed by atoms with Gasteiger partial charge in [0.05, 0.1) is 0 Å². The summed E-state index contributed by atoms with van der Waals surface area (Å²) in [5.74, 6) is 1.28. The molecule has 1 amide bonds. The van der Waals surface area contributed by atoms with E-state index in [0.29, 0.717) is 36.9 Å². The Morgan fingerprint density at radius 2 is 1.68 bits per heavy atom. The molecule has 5 heteroatoms. The first-order valence-corrected chi connectivity index (χ1v) is 9.44.